The lowest BCUT2D eigenvalue weighted by Gasteiger charge is -2.35. The van der Waals surface area contributed by atoms with Crippen LogP contribution in [0.1, 0.15) is 23.2 Å². The highest BCUT2D eigenvalue weighted by Crippen LogP contribution is 2.22. The van der Waals surface area contributed by atoms with E-state index < -0.39 is 0 Å². The standard InChI is InChI=1S/C17H21IN2O3/c18-15-3-1-2-14(12-15)17(22)19-6-4-13(5-7-19)16(21)20-8-10-23-11-9-20/h1-3,12-13H,4-11H2. The Bertz CT molecular complexity index is 579. The predicted molar refractivity (Wildman–Crippen MR) is 95.2 cm³/mol. The number of hydrogen-bond acceptors (Lipinski definition) is 3. The maximum Gasteiger partial charge on any atom is 0.253 e. The fourth-order valence-electron chi connectivity index (χ4n) is 3.18. The van der Waals surface area contributed by atoms with Crippen molar-refractivity contribution in [2.45, 2.75) is 12.8 Å². The topological polar surface area (TPSA) is 49.9 Å². The summed E-state index contributed by atoms with van der Waals surface area (Å²) >= 11 is 2.22. The smallest absolute Gasteiger partial charge is 0.253 e. The van der Waals surface area contributed by atoms with Gasteiger partial charge in [-0.15, -0.1) is 0 Å². The van der Waals surface area contributed by atoms with E-state index in [0.29, 0.717) is 39.4 Å². The third-order valence-electron chi connectivity index (χ3n) is 4.53. The van der Waals surface area contributed by atoms with Crippen molar-refractivity contribution in [1.82, 2.24) is 9.80 Å². The van der Waals surface area contributed by atoms with E-state index in [1.165, 1.54) is 0 Å². The number of halogens is 1. The van der Waals surface area contributed by atoms with Crippen LogP contribution >= 0.6 is 22.6 Å². The van der Waals surface area contributed by atoms with Crippen LogP contribution in [0.4, 0.5) is 0 Å². The summed E-state index contributed by atoms with van der Waals surface area (Å²) in [4.78, 5) is 28.8. The van der Waals surface area contributed by atoms with Gasteiger partial charge in [0.2, 0.25) is 5.91 Å². The number of morpholine rings is 1. The minimum Gasteiger partial charge on any atom is -0.378 e. The quantitative estimate of drug-likeness (QED) is 0.678. The molecule has 2 amide bonds. The van der Waals surface area contributed by atoms with Gasteiger partial charge in [-0.1, -0.05) is 6.07 Å². The van der Waals surface area contributed by atoms with Crippen LogP contribution in [0.3, 0.4) is 0 Å². The Morgan fingerprint density at radius 1 is 1.04 bits per heavy atom. The summed E-state index contributed by atoms with van der Waals surface area (Å²) in [5, 5.41) is 0. The zero-order valence-electron chi connectivity index (χ0n) is 13.0. The lowest BCUT2D eigenvalue weighted by molar-refractivity contribution is -0.141. The number of likely N-dealkylation sites (tertiary alicyclic amines) is 1. The van der Waals surface area contributed by atoms with E-state index >= 15 is 0 Å². The van der Waals surface area contributed by atoms with E-state index in [9.17, 15) is 9.59 Å². The minimum absolute atomic E-state index is 0.0491. The molecule has 6 heteroatoms. The summed E-state index contributed by atoms with van der Waals surface area (Å²) < 4.78 is 6.36. The minimum atomic E-state index is 0.0491. The second-order valence-electron chi connectivity index (χ2n) is 6.01. The number of ether oxygens (including phenoxy) is 1. The third kappa shape index (κ3) is 4.03. The van der Waals surface area contributed by atoms with E-state index in [4.69, 9.17) is 4.74 Å². The molecular formula is C17H21IN2O3. The molecule has 2 aliphatic heterocycles. The van der Waals surface area contributed by atoms with Crippen LogP contribution in [-0.4, -0.2) is 61.0 Å². The first-order valence-electron chi connectivity index (χ1n) is 8.06. The monoisotopic (exact) mass is 428 g/mol. The van der Waals surface area contributed by atoms with Crippen molar-refractivity contribution in [3.8, 4) is 0 Å². The highest BCUT2D eigenvalue weighted by molar-refractivity contribution is 14.1. The SMILES string of the molecule is O=C(c1cccc(I)c1)N1CCC(C(=O)N2CCOCC2)CC1. The molecule has 1 aromatic carbocycles. The molecule has 0 aromatic heterocycles. The summed E-state index contributed by atoms with van der Waals surface area (Å²) in [5.74, 6) is 0.350. The van der Waals surface area contributed by atoms with E-state index in [2.05, 4.69) is 22.6 Å². The molecule has 124 valence electrons. The molecule has 0 spiro atoms. The summed E-state index contributed by atoms with van der Waals surface area (Å²) in [6, 6.07) is 7.65. The van der Waals surface area contributed by atoms with Crippen LogP contribution in [0.2, 0.25) is 0 Å². The predicted octanol–water partition coefficient (Wildman–Crippen LogP) is 2.00. The second-order valence-corrected chi connectivity index (χ2v) is 7.26. The molecule has 5 nitrogen and oxygen atoms in total. The Hall–Kier alpha value is -1.15. The average Bonchev–Trinajstić information content (AvgIpc) is 2.61. The Morgan fingerprint density at radius 2 is 1.74 bits per heavy atom. The maximum atomic E-state index is 12.5. The van der Waals surface area contributed by atoms with Crippen molar-refractivity contribution in [2.75, 3.05) is 39.4 Å². The molecule has 0 bridgehead atoms. The molecule has 2 fully saturated rings. The molecule has 2 heterocycles. The first-order chi connectivity index (χ1) is 11.1. The van der Waals surface area contributed by atoms with Gasteiger partial charge in [0.1, 0.15) is 0 Å². The lowest BCUT2D eigenvalue weighted by Crippen LogP contribution is -2.47. The van der Waals surface area contributed by atoms with Crippen LogP contribution in [0.5, 0.6) is 0 Å². The van der Waals surface area contributed by atoms with Crippen molar-refractivity contribution in [1.29, 1.82) is 0 Å². The number of hydrogen-bond donors (Lipinski definition) is 0. The Balaban J connectivity index is 1.55. The van der Waals surface area contributed by atoms with Crippen molar-refractivity contribution in [3.63, 3.8) is 0 Å². The molecule has 0 radical (unpaired) electrons. The van der Waals surface area contributed by atoms with E-state index in [1.54, 1.807) is 0 Å². The van der Waals surface area contributed by atoms with Gasteiger partial charge in [0.05, 0.1) is 13.2 Å². The van der Waals surface area contributed by atoms with E-state index in [-0.39, 0.29) is 17.7 Å². The maximum absolute atomic E-state index is 12.5. The fourth-order valence-corrected chi connectivity index (χ4v) is 3.72. The zero-order valence-corrected chi connectivity index (χ0v) is 15.2. The molecule has 2 saturated heterocycles. The third-order valence-corrected chi connectivity index (χ3v) is 5.20. The van der Waals surface area contributed by atoms with Crippen molar-refractivity contribution < 1.29 is 14.3 Å². The number of piperidine rings is 1. The van der Waals surface area contributed by atoms with Gasteiger partial charge >= 0.3 is 0 Å². The summed E-state index contributed by atoms with van der Waals surface area (Å²) in [7, 11) is 0. The largest absolute Gasteiger partial charge is 0.378 e. The Morgan fingerprint density at radius 3 is 2.39 bits per heavy atom. The van der Waals surface area contributed by atoms with Crippen molar-refractivity contribution in [2.24, 2.45) is 5.92 Å². The summed E-state index contributed by atoms with van der Waals surface area (Å²) in [5.41, 5.74) is 0.731. The molecule has 2 aliphatic rings. The Kier molecular flexibility index (Phi) is 5.53. The normalized spacial score (nSPS) is 19.7. The molecule has 3 rings (SSSR count). The van der Waals surface area contributed by atoms with Gasteiger partial charge in [0.15, 0.2) is 0 Å². The first kappa shape index (κ1) is 16.7. The summed E-state index contributed by atoms with van der Waals surface area (Å²) in [6.07, 6.45) is 1.51. The molecule has 23 heavy (non-hydrogen) atoms. The van der Waals surface area contributed by atoms with Gasteiger partial charge in [-0.2, -0.15) is 0 Å². The number of amides is 2. The van der Waals surface area contributed by atoms with Crippen molar-refractivity contribution >= 4 is 34.4 Å². The first-order valence-corrected chi connectivity index (χ1v) is 9.14. The highest BCUT2D eigenvalue weighted by Gasteiger charge is 2.31. The Labute approximate surface area is 150 Å². The number of rotatable bonds is 2. The zero-order chi connectivity index (χ0) is 16.2. The van der Waals surface area contributed by atoms with Gasteiger partial charge in [0.25, 0.3) is 5.91 Å². The van der Waals surface area contributed by atoms with Crippen LogP contribution in [0.25, 0.3) is 0 Å². The molecule has 0 saturated carbocycles. The van der Waals surface area contributed by atoms with E-state index in [1.807, 2.05) is 34.1 Å². The number of nitrogens with zero attached hydrogens (tertiary/aromatic N) is 2. The van der Waals surface area contributed by atoms with Gasteiger partial charge < -0.3 is 14.5 Å². The molecule has 0 atom stereocenters. The van der Waals surface area contributed by atoms with Crippen molar-refractivity contribution in [3.05, 3.63) is 33.4 Å². The molecule has 0 N–H and O–H groups in total. The molecule has 0 unspecified atom stereocenters. The van der Waals surface area contributed by atoms with Gasteiger partial charge in [-0.05, 0) is 53.6 Å². The molecule has 0 aliphatic carbocycles. The lowest BCUT2D eigenvalue weighted by atomic mass is 9.94. The van der Waals surface area contributed by atoms with Crippen LogP contribution in [-0.2, 0) is 9.53 Å². The van der Waals surface area contributed by atoms with Crippen LogP contribution in [0, 0.1) is 9.49 Å². The second kappa shape index (κ2) is 7.61. The molecule has 1 aromatic rings. The fraction of sp³-hybridized carbons (Fsp3) is 0.529. The average molecular weight is 428 g/mol. The number of carbonyl (C=O) groups excluding carboxylic acids is 2. The van der Waals surface area contributed by atoms with Gasteiger partial charge in [-0.3, -0.25) is 9.59 Å². The van der Waals surface area contributed by atoms with Gasteiger partial charge in [0, 0.05) is 41.2 Å². The van der Waals surface area contributed by atoms with Gasteiger partial charge in [-0.25, -0.2) is 0 Å². The van der Waals surface area contributed by atoms with Crippen LogP contribution < -0.4 is 0 Å². The van der Waals surface area contributed by atoms with Crippen LogP contribution in [0.15, 0.2) is 24.3 Å². The highest BCUT2D eigenvalue weighted by atomic mass is 127. The summed E-state index contributed by atoms with van der Waals surface area (Å²) in [6.45, 7) is 3.97. The van der Waals surface area contributed by atoms with E-state index in [0.717, 1.165) is 22.0 Å². The number of benzene rings is 1. The molecular weight excluding hydrogens is 407 g/mol. The number of carbonyl (C=O) groups is 2.